The lowest BCUT2D eigenvalue weighted by atomic mass is 9.80. The summed E-state index contributed by atoms with van der Waals surface area (Å²) in [5.41, 5.74) is 0.948. The summed E-state index contributed by atoms with van der Waals surface area (Å²) >= 11 is 0. The zero-order valence-electron chi connectivity index (χ0n) is 9.59. The average Bonchev–Trinajstić information content (AvgIpc) is 1.99. The van der Waals surface area contributed by atoms with Crippen LogP contribution in [0.3, 0.4) is 0 Å². The Morgan fingerprint density at radius 2 is 1.93 bits per heavy atom. The van der Waals surface area contributed by atoms with Gasteiger partial charge in [0.15, 0.2) is 0 Å². The van der Waals surface area contributed by atoms with E-state index >= 15 is 0 Å². The molecule has 3 nitrogen and oxygen atoms in total. The average molecular weight is 217 g/mol. The van der Waals surface area contributed by atoms with Gasteiger partial charge in [-0.25, -0.2) is 4.21 Å². The largest absolute Gasteiger partial charge is 0.378 e. The minimum Gasteiger partial charge on any atom is -0.378 e. The predicted molar refractivity (Wildman–Crippen MR) is 60.0 cm³/mol. The van der Waals surface area contributed by atoms with E-state index in [9.17, 15) is 4.21 Å². The molecule has 0 N–H and O–H groups in total. The van der Waals surface area contributed by atoms with Gasteiger partial charge in [-0.15, -0.1) is 0 Å². The van der Waals surface area contributed by atoms with Crippen LogP contribution in [0.5, 0.6) is 0 Å². The Kier molecular flexibility index (Phi) is 3.17. The van der Waals surface area contributed by atoms with Gasteiger partial charge in [0.05, 0.1) is 10.3 Å². The Morgan fingerprint density at radius 1 is 1.43 bits per heavy atom. The van der Waals surface area contributed by atoms with Crippen molar-refractivity contribution < 1.29 is 8.95 Å². The van der Waals surface area contributed by atoms with Gasteiger partial charge in [0.25, 0.3) is 0 Å². The first kappa shape index (κ1) is 11.9. The second-order valence-corrected chi connectivity index (χ2v) is 6.93. The molecule has 1 aliphatic rings. The molecule has 82 valence electrons. The van der Waals surface area contributed by atoms with E-state index in [4.69, 9.17) is 4.74 Å². The molecule has 0 aromatic rings. The molecule has 0 bridgehead atoms. The van der Waals surface area contributed by atoms with Crippen molar-refractivity contribution in [1.29, 1.82) is 0 Å². The van der Waals surface area contributed by atoms with Crippen molar-refractivity contribution in [2.75, 3.05) is 7.11 Å². The number of methoxy groups -OCH3 is 1. The van der Waals surface area contributed by atoms with Crippen LogP contribution in [0, 0.1) is 0 Å². The first-order valence-corrected chi connectivity index (χ1v) is 5.91. The van der Waals surface area contributed by atoms with Crippen molar-refractivity contribution in [3.05, 3.63) is 0 Å². The Labute approximate surface area is 88.5 Å². The summed E-state index contributed by atoms with van der Waals surface area (Å²) < 4.78 is 20.9. The van der Waals surface area contributed by atoms with E-state index in [2.05, 4.69) is 4.40 Å². The third kappa shape index (κ3) is 2.64. The highest BCUT2D eigenvalue weighted by Crippen LogP contribution is 2.33. The summed E-state index contributed by atoms with van der Waals surface area (Å²) in [5.74, 6) is 0. The van der Waals surface area contributed by atoms with Crippen LogP contribution in [0.15, 0.2) is 4.40 Å². The van der Waals surface area contributed by atoms with Gasteiger partial charge in [0.1, 0.15) is 11.0 Å². The van der Waals surface area contributed by atoms with Gasteiger partial charge < -0.3 is 4.74 Å². The zero-order chi connectivity index (χ0) is 11.0. The Morgan fingerprint density at radius 3 is 2.29 bits per heavy atom. The van der Waals surface area contributed by atoms with Crippen LogP contribution in [-0.2, 0) is 15.7 Å². The molecule has 1 rings (SSSR count). The summed E-state index contributed by atoms with van der Waals surface area (Å²) in [5, 5.41) is 0. The molecular weight excluding hydrogens is 198 g/mol. The molecule has 0 aromatic heterocycles. The summed E-state index contributed by atoms with van der Waals surface area (Å²) in [7, 11) is 0.587. The van der Waals surface area contributed by atoms with E-state index in [1.54, 1.807) is 7.11 Å². The van der Waals surface area contributed by atoms with Gasteiger partial charge in [-0.3, -0.25) is 0 Å². The van der Waals surface area contributed by atoms with Gasteiger partial charge in [-0.2, -0.15) is 4.40 Å². The molecule has 0 spiro atoms. The fraction of sp³-hybridized carbons (Fsp3) is 0.900. The first-order valence-electron chi connectivity index (χ1n) is 4.80. The van der Waals surface area contributed by atoms with E-state index in [0.717, 1.165) is 18.6 Å². The molecule has 1 aliphatic carbocycles. The molecule has 0 radical (unpaired) electrons. The van der Waals surface area contributed by atoms with E-state index < -0.39 is 11.0 Å². The summed E-state index contributed by atoms with van der Waals surface area (Å²) in [6.07, 6.45) is 1.62. The van der Waals surface area contributed by atoms with E-state index in [1.807, 2.05) is 27.7 Å². The van der Waals surface area contributed by atoms with Crippen LogP contribution in [0.4, 0.5) is 0 Å². The van der Waals surface area contributed by atoms with Crippen LogP contribution < -0.4 is 0 Å². The lowest BCUT2D eigenvalue weighted by Gasteiger charge is -2.38. The third-order valence-electron chi connectivity index (χ3n) is 2.38. The van der Waals surface area contributed by atoms with Crippen LogP contribution in [0.1, 0.15) is 40.5 Å². The molecule has 0 heterocycles. The molecule has 0 saturated heterocycles. The number of ether oxygens (including phenoxy) is 1. The third-order valence-corrected chi connectivity index (χ3v) is 3.86. The van der Waals surface area contributed by atoms with Crippen LogP contribution in [-0.4, -0.2) is 27.4 Å². The fourth-order valence-electron chi connectivity index (χ4n) is 1.27. The minimum absolute atomic E-state index is 0.0685. The Bertz CT molecular complexity index is 270. The van der Waals surface area contributed by atoms with Gasteiger partial charge in [-0.1, -0.05) is 0 Å². The second kappa shape index (κ2) is 3.74. The van der Waals surface area contributed by atoms with Crippen molar-refractivity contribution in [1.82, 2.24) is 0 Å². The van der Waals surface area contributed by atoms with Crippen molar-refractivity contribution >= 4 is 16.7 Å². The van der Waals surface area contributed by atoms with Crippen molar-refractivity contribution in [3.8, 4) is 0 Å². The number of nitrogens with zero attached hydrogens (tertiary/aromatic N) is 1. The first-order chi connectivity index (χ1) is 6.27. The van der Waals surface area contributed by atoms with Gasteiger partial charge >= 0.3 is 0 Å². The Hall–Kier alpha value is -0.220. The molecule has 14 heavy (non-hydrogen) atoms. The minimum atomic E-state index is -1.12. The lowest BCUT2D eigenvalue weighted by molar-refractivity contribution is -0.00224. The molecule has 1 saturated carbocycles. The highest BCUT2D eigenvalue weighted by Gasteiger charge is 2.38. The standard InChI is InChI=1S/C10H19NO2S/c1-9(2,3)14(12)11-8-6-10(4,7-8)13-5/h6-7H2,1-5H3/t10?,14-/m0/s1. The lowest BCUT2D eigenvalue weighted by Crippen LogP contribution is -2.43. The van der Waals surface area contributed by atoms with Crippen molar-refractivity contribution in [2.45, 2.75) is 50.9 Å². The molecule has 0 amide bonds. The molecular formula is C10H19NO2S. The normalized spacial score (nSPS) is 29.6. The fourth-order valence-corrected chi connectivity index (χ4v) is 1.91. The van der Waals surface area contributed by atoms with Gasteiger partial charge in [0, 0.05) is 25.7 Å². The van der Waals surface area contributed by atoms with E-state index in [1.165, 1.54) is 0 Å². The topological polar surface area (TPSA) is 38.7 Å². The van der Waals surface area contributed by atoms with Crippen LogP contribution in [0.25, 0.3) is 0 Å². The number of hydrogen-bond acceptors (Lipinski definition) is 2. The predicted octanol–water partition coefficient (Wildman–Crippen LogP) is 2.09. The van der Waals surface area contributed by atoms with Gasteiger partial charge in [-0.05, 0) is 27.7 Å². The smallest absolute Gasteiger partial charge is 0.144 e. The molecule has 1 atom stereocenters. The number of rotatable bonds is 2. The molecule has 0 aliphatic heterocycles. The summed E-state index contributed by atoms with van der Waals surface area (Å²) in [6, 6.07) is 0. The maximum Gasteiger partial charge on any atom is 0.144 e. The maximum atomic E-state index is 11.6. The van der Waals surface area contributed by atoms with Crippen LogP contribution >= 0.6 is 0 Å². The Balaban J connectivity index is 2.55. The van der Waals surface area contributed by atoms with Gasteiger partial charge in [0.2, 0.25) is 0 Å². The van der Waals surface area contributed by atoms with Crippen LogP contribution in [0.2, 0.25) is 0 Å². The highest BCUT2D eigenvalue weighted by atomic mass is 32.2. The van der Waals surface area contributed by atoms with E-state index in [0.29, 0.717) is 0 Å². The number of hydrogen-bond donors (Lipinski definition) is 0. The quantitative estimate of drug-likeness (QED) is 0.710. The highest BCUT2D eigenvalue weighted by molar-refractivity contribution is 7.85. The zero-order valence-corrected chi connectivity index (χ0v) is 10.4. The summed E-state index contributed by atoms with van der Waals surface area (Å²) in [6.45, 7) is 7.84. The molecule has 4 heteroatoms. The second-order valence-electron chi connectivity index (χ2n) is 5.03. The van der Waals surface area contributed by atoms with Crippen molar-refractivity contribution in [2.24, 2.45) is 4.40 Å². The SMILES string of the molecule is COC1(C)CC(=N[S@@](=O)C(C)(C)C)C1. The van der Waals surface area contributed by atoms with E-state index in [-0.39, 0.29) is 10.3 Å². The molecule has 1 fully saturated rings. The summed E-state index contributed by atoms with van der Waals surface area (Å²) in [4.78, 5) is 0. The maximum absolute atomic E-state index is 11.6. The monoisotopic (exact) mass is 217 g/mol. The molecule has 0 aromatic carbocycles. The molecule has 0 unspecified atom stereocenters. The van der Waals surface area contributed by atoms with Crippen molar-refractivity contribution in [3.63, 3.8) is 0 Å².